The number of halogens is 1. The van der Waals surface area contributed by atoms with Crippen molar-refractivity contribution in [3.63, 3.8) is 0 Å². The number of amides is 2. The highest BCUT2D eigenvalue weighted by Crippen LogP contribution is 2.50. The zero-order valence-electron chi connectivity index (χ0n) is 18.9. The molecule has 5 nitrogen and oxygen atoms in total. The summed E-state index contributed by atoms with van der Waals surface area (Å²) in [5.41, 5.74) is 4.03. The molecule has 170 valence electrons. The van der Waals surface area contributed by atoms with E-state index in [1.54, 1.807) is 29.5 Å². The fourth-order valence-electron chi connectivity index (χ4n) is 4.90. The van der Waals surface area contributed by atoms with Crippen molar-refractivity contribution in [2.75, 3.05) is 13.1 Å². The van der Waals surface area contributed by atoms with Crippen LogP contribution in [0, 0.1) is 32.6 Å². The van der Waals surface area contributed by atoms with E-state index < -0.39 is 0 Å². The monoisotopic (exact) mass is 479 g/mol. The standard InChI is InChI=1S/C26H26ClN3O2S/c1-14-6-4-7-17(10-14)24-23(29-16(3)33-24)26(32)30-13-18-11-20(18)22(30)12-28-25(31)19-8-5-9-21(27)15(19)2/h4-10,18,20,22H,11-13H2,1-3H3,(H,28,31)/t18-,20-,22+/m0/s1. The maximum Gasteiger partial charge on any atom is 0.274 e. The quantitative estimate of drug-likeness (QED) is 0.541. The third kappa shape index (κ3) is 4.18. The molecule has 0 unspecified atom stereocenters. The summed E-state index contributed by atoms with van der Waals surface area (Å²) < 4.78 is 0. The maximum absolute atomic E-state index is 13.7. The topological polar surface area (TPSA) is 62.3 Å². The average Bonchev–Trinajstić information content (AvgIpc) is 3.30. The summed E-state index contributed by atoms with van der Waals surface area (Å²) in [6, 6.07) is 13.5. The lowest BCUT2D eigenvalue weighted by molar-refractivity contribution is 0.0690. The number of aromatic nitrogens is 1. The second-order valence-corrected chi connectivity index (χ2v) is 10.7. The first kappa shape index (κ1) is 22.1. The summed E-state index contributed by atoms with van der Waals surface area (Å²) in [5.74, 6) is 0.764. The molecule has 3 aromatic rings. The van der Waals surface area contributed by atoms with E-state index in [-0.39, 0.29) is 17.9 Å². The summed E-state index contributed by atoms with van der Waals surface area (Å²) >= 11 is 7.74. The van der Waals surface area contributed by atoms with Gasteiger partial charge in [-0.25, -0.2) is 4.98 Å². The first-order valence-corrected chi connectivity index (χ1v) is 12.4. The summed E-state index contributed by atoms with van der Waals surface area (Å²) in [7, 11) is 0. The summed E-state index contributed by atoms with van der Waals surface area (Å²) in [6.45, 7) is 6.99. The number of benzene rings is 2. The molecule has 0 bridgehead atoms. The highest BCUT2D eigenvalue weighted by atomic mass is 35.5. The smallest absolute Gasteiger partial charge is 0.274 e. The van der Waals surface area contributed by atoms with Gasteiger partial charge in [-0.3, -0.25) is 9.59 Å². The minimum atomic E-state index is -0.156. The Hall–Kier alpha value is -2.70. The third-order valence-electron chi connectivity index (χ3n) is 6.76. The van der Waals surface area contributed by atoms with Crippen LogP contribution in [0.25, 0.3) is 10.4 Å². The van der Waals surface area contributed by atoms with Crippen molar-refractivity contribution in [3.8, 4) is 10.4 Å². The fraction of sp³-hybridized carbons (Fsp3) is 0.346. The molecule has 2 amide bonds. The largest absolute Gasteiger partial charge is 0.350 e. The lowest BCUT2D eigenvalue weighted by Gasteiger charge is -2.27. The van der Waals surface area contributed by atoms with Gasteiger partial charge in [-0.05, 0) is 62.3 Å². The van der Waals surface area contributed by atoms with Gasteiger partial charge in [0.1, 0.15) is 5.69 Å². The Kier molecular flexibility index (Phi) is 5.75. The van der Waals surface area contributed by atoms with E-state index in [2.05, 4.69) is 16.4 Å². The van der Waals surface area contributed by atoms with Crippen LogP contribution in [0.1, 0.15) is 43.4 Å². The molecule has 1 aliphatic heterocycles. The molecule has 3 atom stereocenters. The molecule has 5 rings (SSSR count). The van der Waals surface area contributed by atoms with E-state index in [1.807, 2.05) is 43.9 Å². The van der Waals surface area contributed by atoms with Crippen LogP contribution >= 0.6 is 22.9 Å². The van der Waals surface area contributed by atoms with Gasteiger partial charge in [0.15, 0.2) is 0 Å². The Morgan fingerprint density at radius 3 is 2.76 bits per heavy atom. The number of nitrogens with zero attached hydrogens (tertiary/aromatic N) is 2. The van der Waals surface area contributed by atoms with Crippen LogP contribution in [0.15, 0.2) is 42.5 Å². The van der Waals surface area contributed by atoms with Crippen molar-refractivity contribution in [1.29, 1.82) is 0 Å². The summed E-state index contributed by atoms with van der Waals surface area (Å²) in [6.07, 6.45) is 1.11. The fourth-order valence-corrected chi connectivity index (χ4v) is 5.98. The van der Waals surface area contributed by atoms with Crippen LogP contribution in [-0.2, 0) is 0 Å². The molecule has 1 saturated heterocycles. The highest BCUT2D eigenvalue weighted by Gasteiger charge is 2.54. The third-order valence-corrected chi connectivity index (χ3v) is 8.19. The van der Waals surface area contributed by atoms with Gasteiger partial charge in [-0.15, -0.1) is 11.3 Å². The number of likely N-dealkylation sites (tertiary alicyclic amines) is 1. The Bertz CT molecular complexity index is 1250. The number of carbonyl (C=O) groups excluding carboxylic acids is 2. The van der Waals surface area contributed by atoms with Crippen LogP contribution in [0.3, 0.4) is 0 Å². The van der Waals surface area contributed by atoms with Crippen LogP contribution in [0.2, 0.25) is 5.02 Å². The molecule has 2 fully saturated rings. The summed E-state index contributed by atoms with van der Waals surface area (Å²) in [5, 5.41) is 4.50. The second kappa shape index (κ2) is 8.58. The van der Waals surface area contributed by atoms with Crippen LogP contribution < -0.4 is 5.32 Å². The molecular weight excluding hydrogens is 454 g/mol. The Balaban J connectivity index is 1.36. The normalized spacial score (nSPS) is 21.1. The number of hydrogen-bond acceptors (Lipinski definition) is 4. The highest BCUT2D eigenvalue weighted by molar-refractivity contribution is 7.15. The molecule has 7 heteroatoms. The lowest BCUT2D eigenvalue weighted by atomic mass is 10.1. The van der Waals surface area contributed by atoms with E-state index in [4.69, 9.17) is 11.6 Å². The number of thiazole rings is 1. The first-order valence-electron chi connectivity index (χ1n) is 11.2. The Labute approximate surface area is 202 Å². The molecule has 2 aliphatic rings. The van der Waals surface area contributed by atoms with E-state index in [0.29, 0.717) is 34.7 Å². The average molecular weight is 480 g/mol. The van der Waals surface area contributed by atoms with Crippen molar-refractivity contribution in [2.24, 2.45) is 11.8 Å². The molecule has 1 saturated carbocycles. The Morgan fingerprint density at radius 1 is 1.18 bits per heavy atom. The number of rotatable bonds is 5. The van der Waals surface area contributed by atoms with Gasteiger partial charge in [0.05, 0.1) is 15.9 Å². The minimum Gasteiger partial charge on any atom is -0.350 e. The van der Waals surface area contributed by atoms with Crippen molar-refractivity contribution in [2.45, 2.75) is 33.2 Å². The Morgan fingerprint density at radius 2 is 1.97 bits per heavy atom. The number of carbonyl (C=O) groups is 2. The zero-order valence-corrected chi connectivity index (χ0v) is 20.5. The van der Waals surface area contributed by atoms with Crippen molar-refractivity contribution in [1.82, 2.24) is 15.2 Å². The number of fused-ring (bicyclic) bond motifs is 1. The molecule has 2 aromatic carbocycles. The molecule has 0 radical (unpaired) electrons. The minimum absolute atomic E-state index is 0.0155. The van der Waals surface area contributed by atoms with E-state index in [9.17, 15) is 9.59 Å². The van der Waals surface area contributed by atoms with Crippen LogP contribution in [0.4, 0.5) is 0 Å². The summed E-state index contributed by atoms with van der Waals surface area (Å²) in [4.78, 5) is 34.0. The van der Waals surface area contributed by atoms with E-state index in [0.717, 1.165) is 39.5 Å². The van der Waals surface area contributed by atoms with Gasteiger partial charge in [0.25, 0.3) is 11.8 Å². The van der Waals surface area contributed by atoms with Crippen LogP contribution in [-0.4, -0.2) is 40.8 Å². The molecule has 2 heterocycles. The van der Waals surface area contributed by atoms with Crippen molar-refractivity contribution >= 4 is 34.8 Å². The molecule has 1 aromatic heterocycles. The van der Waals surface area contributed by atoms with Crippen molar-refractivity contribution in [3.05, 3.63) is 74.9 Å². The number of nitrogens with one attached hydrogen (secondary N) is 1. The molecular formula is C26H26ClN3O2S. The molecule has 0 spiro atoms. The van der Waals surface area contributed by atoms with Gasteiger partial charge < -0.3 is 10.2 Å². The van der Waals surface area contributed by atoms with E-state index in [1.165, 1.54) is 0 Å². The van der Waals surface area contributed by atoms with Gasteiger partial charge in [0.2, 0.25) is 0 Å². The van der Waals surface area contributed by atoms with Gasteiger partial charge in [0, 0.05) is 23.7 Å². The zero-order chi connectivity index (χ0) is 23.3. The van der Waals surface area contributed by atoms with Crippen molar-refractivity contribution < 1.29 is 9.59 Å². The number of hydrogen-bond donors (Lipinski definition) is 1. The second-order valence-electron chi connectivity index (χ2n) is 9.09. The SMILES string of the molecule is Cc1cccc(-c2sc(C)nc2C(=O)N2C[C@@H]3C[C@@H]3[C@H]2CNC(=O)c2cccc(Cl)c2C)c1. The molecule has 1 aliphatic carbocycles. The lowest BCUT2D eigenvalue weighted by Crippen LogP contribution is -2.45. The first-order chi connectivity index (χ1) is 15.8. The number of aryl methyl sites for hydroxylation is 2. The maximum atomic E-state index is 13.7. The molecule has 33 heavy (non-hydrogen) atoms. The van der Waals surface area contributed by atoms with Crippen LogP contribution in [0.5, 0.6) is 0 Å². The number of piperidine rings is 1. The van der Waals surface area contributed by atoms with Gasteiger partial charge >= 0.3 is 0 Å². The van der Waals surface area contributed by atoms with Gasteiger partial charge in [-0.2, -0.15) is 0 Å². The predicted octanol–water partition coefficient (Wildman–Crippen LogP) is 5.28. The molecule has 1 N–H and O–H groups in total. The predicted molar refractivity (Wildman–Crippen MR) is 132 cm³/mol. The van der Waals surface area contributed by atoms with Gasteiger partial charge in [-0.1, -0.05) is 47.5 Å². The van der Waals surface area contributed by atoms with E-state index >= 15 is 0 Å².